The van der Waals surface area contributed by atoms with E-state index < -0.39 is 10.0 Å². The number of hydrogen-bond donors (Lipinski definition) is 0. The van der Waals surface area contributed by atoms with Gasteiger partial charge in [-0.05, 0) is 36.4 Å². The van der Waals surface area contributed by atoms with E-state index >= 15 is 0 Å². The summed E-state index contributed by atoms with van der Waals surface area (Å²) >= 11 is 0. The number of likely N-dealkylation sites (tertiary alicyclic amines) is 1. The van der Waals surface area contributed by atoms with E-state index in [0.717, 1.165) is 4.31 Å². The van der Waals surface area contributed by atoms with E-state index in [1.807, 2.05) is 12.1 Å². The molecule has 2 aromatic heterocycles. The van der Waals surface area contributed by atoms with Gasteiger partial charge in [-0.2, -0.15) is 4.98 Å². The van der Waals surface area contributed by atoms with Gasteiger partial charge in [0.25, 0.3) is 5.91 Å². The lowest BCUT2D eigenvalue weighted by Gasteiger charge is -2.37. The standard InChI is InChI=1S/C19H19N5O4S/c1-23(2)29(26,27)15-8-6-13(7-9-15)19(25)24-11-14(12-24)18-21-17(22-28-18)16-5-3-4-10-20-16/h3-10,14H,11-12H2,1-2H3. The topological polar surface area (TPSA) is 110 Å². The average molecular weight is 413 g/mol. The van der Waals surface area contributed by atoms with Gasteiger partial charge < -0.3 is 9.42 Å². The smallest absolute Gasteiger partial charge is 0.253 e. The van der Waals surface area contributed by atoms with Crippen LogP contribution in [0.2, 0.25) is 0 Å². The first kappa shape index (κ1) is 19.2. The van der Waals surface area contributed by atoms with Gasteiger partial charge in [-0.3, -0.25) is 9.78 Å². The zero-order valence-corrected chi connectivity index (χ0v) is 16.7. The van der Waals surface area contributed by atoms with E-state index in [4.69, 9.17) is 4.52 Å². The Morgan fingerprint density at radius 1 is 1.14 bits per heavy atom. The maximum atomic E-state index is 12.6. The predicted molar refractivity (Wildman–Crippen MR) is 103 cm³/mol. The monoisotopic (exact) mass is 413 g/mol. The number of carbonyl (C=O) groups excluding carboxylic acids is 1. The highest BCUT2D eigenvalue weighted by molar-refractivity contribution is 7.89. The third-order valence-corrected chi connectivity index (χ3v) is 6.56. The first-order valence-electron chi connectivity index (χ1n) is 8.93. The van der Waals surface area contributed by atoms with Crippen molar-refractivity contribution in [1.82, 2.24) is 24.3 Å². The number of sulfonamides is 1. The molecule has 29 heavy (non-hydrogen) atoms. The molecule has 3 heterocycles. The van der Waals surface area contributed by atoms with E-state index in [2.05, 4.69) is 15.1 Å². The van der Waals surface area contributed by atoms with Gasteiger partial charge >= 0.3 is 0 Å². The average Bonchev–Trinajstić information content (AvgIpc) is 3.17. The van der Waals surface area contributed by atoms with E-state index in [9.17, 15) is 13.2 Å². The first-order chi connectivity index (χ1) is 13.9. The quantitative estimate of drug-likeness (QED) is 0.625. The summed E-state index contributed by atoms with van der Waals surface area (Å²) in [4.78, 5) is 23.0. The molecule has 0 atom stereocenters. The fourth-order valence-corrected chi connectivity index (χ4v) is 3.87. The van der Waals surface area contributed by atoms with Crippen LogP contribution < -0.4 is 0 Å². The second-order valence-electron chi connectivity index (χ2n) is 6.89. The number of aromatic nitrogens is 3. The molecule has 1 aromatic carbocycles. The molecule has 4 rings (SSSR count). The number of carbonyl (C=O) groups is 1. The molecule has 1 amide bonds. The molecule has 1 saturated heterocycles. The molecule has 0 unspecified atom stereocenters. The van der Waals surface area contributed by atoms with Crippen molar-refractivity contribution in [1.29, 1.82) is 0 Å². The summed E-state index contributed by atoms with van der Waals surface area (Å²) in [5.74, 6) is 0.696. The highest BCUT2D eigenvalue weighted by Gasteiger charge is 2.36. The minimum atomic E-state index is -3.52. The third-order valence-electron chi connectivity index (χ3n) is 4.73. The van der Waals surface area contributed by atoms with Gasteiger partial charge in [0, 0.05) is 38.9 Å². The van der Waals surface area contributed by atoms with Gasteiger partial charge in [0.15, 0.2) is 0 Å². The van der Waals surface area contributed by atoms with Crippen molar-refractivity contribution >= 4 is 15.9 Å². The van der Waals surface area contributed by atoms with Crippen molar-refractivity contribution in [3.63, 3.8) is 0 Å². The van der Waals surface area contributed by atoms with Crippen molar-refractivity contribution in [2.75, 3.05) is 27.2 Å². The Morgan fingerprint density at radius 2 is 1.86 bits per heavy atom. The number of benzene rings is 1. The molecule has 0 saturated carbocycles. The van der Waals surface area contributed by atoms with E-state index in [1.165, 1.54) is 38.4 Å². The zero-order chi connectivity index (χ0) is 20.6. The van der Waals surface area contributed by atoms with Crippen LogP contribution in [0.25, 0.3) is 11.5 Å². The molecule has 1 fully saturated rings. The molecule has 3 aromatic rings. The van der Waals surface area contributed by atoms with Crippen LogP contribution in [-0.4, -0.2) is 65.8 Å². The Hall–Kier alpha value is -3.11. The summed E-state index contributed by atoms with van der Waals surface area (Å²) < 4.78 is 30.7. The van der Waals surface area contributed by atoms with Crippen molar-refractivity contribution in [3.8, 4) is 11.5 Å². The van der Waals surface area contributed by atoms with Crippen molar-refractivity contribution < 1.29 is 17.7 Å². The molecule has 0 aliphatic carbocycles. The van der Waals surface area contributed by atoms with Gasteiger partial charge in [0.1, 0.15) is 5.69 Å². The Kier molecular flexibility index (Phi) is 4.89. The SMILES string of the molecule is CN(C)S(=O)(=O)c1ccc(C(=O)N2CC(c3nc(-c4ccccn4)no3)C2)cc1. The summed E-state index contributed by atoms with van der Waals surface area (Å²) in [7, 11) is -0.594. The second-order valence-corrected chi connectivity index (χ2v) is 9.04. The lowest BCUT2D eigenvalue weighted by Crippen LogP contribution is -2.48. The molecule has 0 bridgehead atoms. The lowest BCUT2D eigenvalue weighted by atomic mass is 9.99. The van der Waals surface area contributed by atoms with Gasteiger partial charge in [-0.15, -0.1) is 0 Å². The van der Waals surface area contributed by atoms with Crippen LogP contribution in [0.3, 0.4) is 0 Å². The summed E-state index contributed by atoms with van der Waals surface area (Å²) in [6, 6.07) is 11.4. The maximum Gasteiger partial charge on any atom is 0.253 e. The molecule has 9 nitrogen and oxygen atoms in total. The molecule has 1 aliphatic heterocycles. The van der Waals surface area contributed by atoms with E-state index in [-0.39, 0.29) is 16.7 Å². The van der Waals surface area contributed by atoms with Crippen molar-refractivity contribution in [2.45, 2.75) is 10.8 Å². The summed E-state index contributed by atoms with van der Waals surface area (Å²) in [5, 5.41) is 3.95. The molecule has 0 N–H and O–H groups in total. The number of nitrogens with zero attached hydrogens (tertiary/aromatic N) is 5. The Bertz CT molecular complexity index is 1120. The molecule has 0 spiro atoms. The number of amides is 1. The van der Waals surface area contributed by atoms with Crippen LogP contribution in [0.1, 0.15) is 22.2 Å². The normalized spacial score (nSPS) is 14.8. The maximum absolute atomic E-state index is 12.6. The minimum Gasteiger partial charge on any atom is -0.338 e. The number of rotatable bonds is 5. The van der Waals surface area contributed by atoms with Gasteiger partial charge in [-0.1, -0.05) is 11.2 Å². The molecule has 150 valence electrons. The van der Waals surface area contributed by atoms with Crippen molar-refractivity contribution in [3.05, 3.63) is 60.1 Å². The van der Waals surface area contributed by atoms with Crippen molar-refractivity contribution in [2.24, 2.45) is 0 Å². The van der Waals surface area contributed by atoms with Crippen LogP contribution in [0, 0.1) is 0 Å². The Balaban J connectivity index is 1.40. The van der Waals surface area contributed by atoms with E-state index in [1.54, 1.807) is 17.2 Å². The van der Waals surface area contributed by atoms with Crippen LogP contribution >= 0.6 is 0 Å². The van der Waals surface area contributed by atoms with Crippen LogP contribution in [0.15, 0.2) is 58.1 Å². The van der Waals surface area contributed by atoms with E-state index in [0.29, 0.717) is 36.1 Å². The van der Waals surface area contributed by atoms with Crippen LogP contribution in [0.5, 0.6) is 0 Å². The zero-order valence-electron chi connectivity index (χ0n) is 15.9. The fraction of sp³-hybridized carbons (Fsp3) is 0.263. The molecule has 0 radical (unpaired) electrons. The van der Waals surface area contributed by atoms with Gasteiger partial charge in [0.2, 0.25) is 21.7 Å². The molecular weight excluding hydrogens is 394 g/mol. The second kappa shape index (κ2) is 7.37. The van der Waals surface area contributed by atoms with Crippen LogP contribution in [-0.2, 0) is 10.0 Å². The largest absolute Gasteiger partial charge is 0.338 e. The number of hydrogen-bond acceptors (Lipinski definition) is 7. The minimum absolute atomic E-state index is 0.0303. The summed E-state index contributed by atoms with van der Waals surface area (Å²) in [6.45, 7) is 0.918. The number of pyridine rings is 1. The van der Waals surface area contributed by atoms with Crippen LogP contribution in [0.4, 0.5) is 0 Å². The lowest BCUT2D eigenvalue weighted by molar-refractivity contribution is 0.0569. The van der Waals surface area contributed by atoms with Gasteiger partial charge in [-0.25, -0.2) is 12.7 Å². The van der Waals surface area contributed by atoms with Gasteiger partial charge in [0.05, 0.1) is 10.8 Å². The summed E-state index contributed by atoms with van der Waals surface area (Å²) in [6.07, 6.45) is 1.66. The molecule has 1 aliphatic rings. The Morgan fingerprint density at radius 3 is 2.48 bits per heavy atom. The third kappa shape index (κ3) is 3.64. The first-order valence-corrected chi connectivity index (χ1v) is 10.4. The summed E-state index contributed by atoms with van der Waals surface area (Å²) in [5.41, 5.74) is 1.06. The highest BCUT2D eigenvalue weighted by Crippen LogP contribution is 2.28. The Labute approximate surface area is 168 Å². The molecular formula is C19H19N5O4S. The fourth-order valence-electron chi connectivity index (χ4n) is 2.96. The predicted octanol–water partition coefficient (Wildman–Crippen LogP) is 1.62. The highest BCUT2D eigenvalue weighted by atomic mass is 32.2. The molecule has 10 heteroatoms.